The normalized spacial score (nSPS) is 14.7. The van der Waals surface area contributed by atoms with E-state index in [0.29, 0.717) is 44.1 Å². The molecule has 3 rings (SSSR count). The lowest BCUT2D eigenvalue weighted by molar-refractivity contribution is -0.141. The Morgan fingerprint density at radius 1 is 0.972 bits per heavy atom. The standard InChI is InChI=1S/C30H42N2O4/c1-5-35-27-17-15-24(20-28(27)36-6-2)16-18-29(33)32(21-25-12-10-11-22(3)19-25)23(4)30(34)31-26-13-8-7-9-14-26/h10-12,15,17,19-20,23,26H,5-9,13-14,16,18,21H2,1-4H3,(H,31,34)/t23-/m0/s1. The van der Waals surface area contributed by atoms with Crippen LogP contribution in [-0.4, -0.2) is 42.0 Å². The Labute approximate surface area is 216 Å². The highest BCUT2D eigenvalue weighted by Gasteiger charge is 2.28. The molecule has 1 fully saturated rings. The summed E-state index contributed by atoms with van der Waals surface area (Å²) in [6, 6.07) is 13.6. The number of carbonyl (C=O) groups excluding carboxylic acids is 2. The van der Waals surface area contributed by atoms with Crippen molar-refractivity contribution in [3.05, 3.63) is 59.2 Å². The Balaban J connectivity index is 1.72. The van der Waals surface area contributed by atoms with Crippen molar-refractivity contribution < 1.29 is 19.1 Å². The highest BCUT2D eigenvalue weighted by molar-refractivity contribution is 5.87. The second-order valence-corrected chi connectivity index (χ2v) is 9.68. The minimum Gasteiger partial charge on any atom is -0.490 e. The van der Waals surface area contributed by atoms with Gasteiger partial charge in [0.25, 0.3) is 0 Å². The molecule has 0 aromatic heterocycles. The van der Waals surface area contributed by atoms with Crippen molar-refractivity contribution in [1.29, 1.82) is 0 Å². The molecule has 196 valence electrons. The van der Waals surface area contributed by atoms with Crippen LogP contribution < -0.4 is 14.8 Å². The van der Waals surface area contributed by atoms with Gasteiger partial charge in [0, 0.05) is 19.0 Å². The van der Waals surface area contributed by atoms with Crippen LogP contribution in [0.25, 0.3) is 0 Å². The molecule has 1 atom stereocenters. The van der Waals surface area contributed by atoms with Crippen LogP contribution in [0.2, 0.25) is 0 Å². The zero-order valence-electron chi connectivity index (χ0n) is 22.3. The van der Waals surface area contributed by atoms with E-state index in [-0.39, 0.29) is 17.9 Å². The van der Waals surface area contributed by atoms with Gasteiger partial charge in [0.15, 0.2) is 11.5 Å². The van der Waals surface area contributed by atoms with Crippen molar-refractivity contribution in [3.8, 4) is 11.5 Å². The molecular formula is C30H42N2O4. The number of ether oxygens (including phenoxy) is 2. The minimum absolute atomic E-state index is 0.0327. The summed E-state index contributed by atoms with van der Waals surface area (Å²) < 4.78 is 11.4. The first kappa shape index (κ1) is 27.6. The lowest BCUT2D eigenvalue weighted by atomic mass is 9.95. The van der Waals surface area contributed by atoms with E-state index in [9.17, 15) is 9.59 Å². The van der Waals surface area contributed by atoms with Gasteiger partial charge in [-0.05, 0) is 70.2 Å². The molecule has 0 bridgehead atoms. The van der Waals surface area contributed by atoms with Gasteiger partial charge in [-0.25, -0.2) is 0 Å². The molecule has 6 nitrogen and oxygen atoms in total. The summed E-state index contributed by atoms with van der Waals surface area (Å²) in [6.07, 6.45) is 6.44. The minimum atomic E-state index is -0.542. The lowest BCUT2D eigenvalue weighted by Gasteiger charge is -2.31. The Morgan fingerprint density at radius 2 is 1.69 bits per heavy atom. The van der Waals surface area contributed by atoms with E-state index in [1.807, 2.05) is 64.1 Å². The maximum atomic E-state index is 13.5. The van der Waals surface area contributed by atoms with Crippen molar-refractivity contribution in [2.75, 3.05) is 13.2 Å². The van der Waals surface area contributed by atoms with E-state index < -0.39 is 6.04 Å². The molecule has 1 saturated carbocycles. The molecule has 6 heteroatoms. The van der Waals surface area contributed by atoms with Crippen LogP contribution in [0.5, 0.6) is 11.5 Å². The van der Waals surface area contributed by atoms with E-state index in [0.717, 1.165) is 42.4 Å². The van der Waals surface area contributed by atoms with Crippen molar-refractivity contribution in [3.63, 3.8) is 0 Å². The fourth-order valence-electron chi connectivity index (χ4n) is 4.80. The van der Waals surface area contributed by atoms with Gasteiger partial charge in [0.2, 0.25) is 11.8 Å². The summed E-state index contributed by atoms with van der Waals surface area (Å²) in [5.74, 6) is 1.31. The highest BCUT2D eigenvalue weighted by atomic mass is 16.5. The zero-order chi connectivity index (χ0) is 25.9. The number of amides is 2. The molecule has 1 N–H and O–H groups in total. The van der Waals surface area contributed by atoms with Gasteiger partial charge in [-0.15, -0.1) is 0 Å². The maximum Gasteiger partial charge on any atom is 0.242 e. The van der Waals surface area contributed by atoms with E-state index in [1.165, 1.54) is 6.42 Å². The van der Waals surface area contributed by atoms with Crippen molar-refractivity contribution in [2.24, 2.45) is 0 Å². The predicted octanol–water partition coefficient (Wildman–Crippen LogP) is 5.59. The molecule has 2 amide bonds. The Morgan fingerprint density at radius 3 is 2.39 bits per heavy atom. The van der Waals surface area contributed by atoms with Gasteiger partial charge in [0.1, 0.15) is 6.04 Å². The van der Waals surface area contributed by atoms with Gasteiger partial charge in [-0.2, -0.15) is 0 Å². The van der Waals surface area contributed by atoms with Crippen LogP contribution in [0.4, 0.5) is 0 Å². The Bertz CT molecular complexity index is 1000. The van der Waals surface area contributed by atoms with Crippen LogP contribution in [0.15, 0.2) is 42.5 Å². The van der Waals surface area contributed by atoms with Crippen molar-refractivity contribution in [1.82, 2.24) is 10.2 Å². The van der Waals surface area contributed by atoms with E-state index in [1.54, 1.807) is 4.90 Å². The summed E-state index contributed by atoms with van der Waals surface area (Å²) in [4.78, 5) is 28.4. The van der Waals surface area contributed by atoms with Crippen LogP contribution in [0, 0.1) is 6.92 Å². The summed E-state index contributed by atoms with van der Waals surface area (Å²) >= 11 is 0. The molecule has 0 saturated heterocycles. The van der Waals surface area contributed by atoms with Crippen LogP contribution in [0.1, 0.15) is 76.0 Å². The van der Waals surface area contributed by atoms with E-state index >= 15 is 0 Å². The van der Waals surface area contributed by atoms with Gasteiger partial charge in [0.05, 0.1) is 13.2 Å². The number of hydrogen-bond donors (Lipinski definition) is 1. The third kappa shape index (κ3) is 8.00. The molecule has 2 aromatic rings. The molecule has 0 radical (unpaired) electrons. The van der Waals surface area contributed by atoms with Gasteiger partial charge in [-0.1, -0.05) is 55.2 Å². The number of rotatable bonds is 12. The average Bonchev–Trinajstić information content (AvgIpc) is 2.87. The second kappa shape index (κ2) is 13.9. The molecular weight excluding hydrogens is 452 g/mol. The Hall–Kier alpha value is -3.02. The summed E-state index contributed by atoms with van der Waals surface area (Å²) in [5.41, 5.74) is 3.17. The average molecular weight is 495 g/mol. The number of nitrogens with zero attached hydrogens (tertiary/aromatic N) is 1. The van der Waals surface area contributed by atoms with Crippen molar-refractivity contribution >= 4 is 11.8 Å². The third-order valence-electron chi connectivity index (χ3n) is 6.79. The number of aryl methyl sites for hydroxylation is 2. The summed E-state index contributed by atoms with van der Waals surface area (Å²) in [7, 11) is 0. The quantitative estimate of drug-likeness (QED) is 0.418. The predicted molar refractivity (Wildman–Crippen MR) is 143 cm³/mol. The van der Waals surface area contributed by atoms with E-state index in [4.69, 9.17) is 9.47 Å². The van der Waals surface area contributed by atoms with Crippen molar-refractivity contribution in [2.45, 2.75) is 91.3 Å². The maximum absolute atomic E-state index is 13.5. The number of nitrogens with one attached hydrogen (secondary N) is 1. The first-order valence-electron chi connectivity index (χ1n) is 13.4. The van der Waals surface area contributed by atoms with Gasteiger partial charge >= 0.3 is 0 Å². The van der Waals surface area contributed by atoms with Gasteiger partial charge < -0.3 is 19.7 Å². The summed E-state index contributed by atoms with van der Waals surface area (Å²) in [6.45, 7) is 9.28. The van der Waals surface area contributed by atoms with Gasteiger partial charge in [-0.3, -0.25) is 9.59 Å². The molecule has 0 unspecified atom stereocenters. The fourth-order valence-corrected chi connectivity index (χ4v) is 4.80. The third-order valence-corrected chi connectivity index (χ3v) is 6.79. The van der Waals surface area contributed by atoms with E-state index in [2.05, 4.69) is 11.4 Å². The zero-order valence-corrected chi connectivity index (χ0v) is 22.3. The molecule has 1 aliphatic rings. The van der Waals surface area contributed by atoms with Crippen LogP contribution in [-0.2, 0) is 22.6 Å². The topological polar surface area (TPSA) is 67.9 Å². The van der Waals surface area contributed by atoms with Crippen LogP contribution in [0.3, 0.4) is 0 Å². The lowest BCUT2D eigenvalue weighted by Crippen LogP contribution is -2.50. The second-order valence-electron chi connectivity index (χ2n) is 9.68. The first-order chi connectivity index (χ1) is 17.4. The van der Waals surface area contributed by atoms with Crippen LogP contribution >= 0.6 is 0 Å². The largest absolute Gasteiger partial charge is 0.490 e. The fraction of sp³-hybridized carbons (Fsp3) is 0.533. The molecule has 0 aliphatic heterocycles. The molecule has 0 heterocycles. The molecule has 36 heavy (non-hydrogen) atoms. The Kier molecular flexibility index (Phi) is 10.6. The first-order valence-corrected chi connectivity index (χ1v) is 13.4. The highest BCUT2D eigenvalue weighted by Crippen LogP contribution is 2.29. The monoisotopic (exact) mass is 494 g/mol. The number of benzene rings is 2. The smallest absolute Gasteiger partial charge is 0.242 e. The molecule has 0 spiro atoms. The summed E-state index contributed by atoms with van der Waals surface area (Å²) in [5, 5.41) is 3.20. The SMILES string of the molecule is CCOc1ccc(CCC(=O)N(Cc2cccc(C)c2)[C@@H](C)C(=O)NC2CCCCC2)cc1OCC. The molecule has 1 aliphatic carbocycles. The molecule has 2 aromatic carbocycles. The number of hydrogen-bond acceptors (Lipinski definition) is 4. The number of carbonyl (C=O) groups is 2.